The van der Waals surface area contributed by atoms with Crippen molar-refractivity contribution in [3.8, 4) is 5.75 Å². The Kier molecular flexibility index (Phi) is 6.72. The molecule has 1 aromatic carbocycles. The molecule has 116 valence electrons. The molecule has 0 spiro atoms. The maximum Gasteiger partial charge on any atom is 0.303 e. The van der Waals surface area contributed by atoms with Gasteiger partial charge in [-0.25, -0.2) is 0 Å². The number of ether oxygens (including phenoxy) is 1. The first-order valence-corrected chi connectivity index (χ1v) is 7.07. The smallest absolute Gasteiger partial charge is 0.303 e. The van der Waals surface area contributed by atoms with Gasteiger partial charge < -0.3 is 15.2 Å². The molecule has 21 heavy (non-hydrogen) atoms. The average molecular weight is 293 g/mol. The Hall–Kier alpha value is -2.04. The van der Waals surface area contributed by atoms with Crippen LogP contribution in [0.5, 0.6) is 5.75 Å². The van der Waals surface area contributed by atoms with Crippen LogP contribution < -0.4 is 10.1 Å². The quantitative estimate of drug-likeness (QED) is 0.772. The number of para-hydroxylation sites is 1. The molecule has 0 unspecified atom stereocenters. The van der Waals surface area contributed by atoms with Crippen LogP contribution >= 0.6 is 0 Å². The minimum absolute atomic E-state index is 0.0599. The molecule has 2 N–H and O–H groups in total. The van der Waals surface area contributed by atoms with Crippen LogP contribution in [-0.4, -0.2) is 30.6 Å². The zero-order valence-corrected chi connectivity index (χ0v) is 12.8. The molecule has 1 atom stereocenters. The summed E-state index contributed by atoms with van der Waals surface area (Å²) in [6, 6.07) is 6.96. The lowest BCUT2D eigenvalue weighted by Crippen LogP contribution is -2.31. The highest BCUT2D eigenvalue weighted by molar-refractivity contribution is 5.96. The average Bonchev–Trinajstić information content (AvgIpc) is 2.43. The first kappa shape index (κ1) is 17.0. The topological polar surface area (TPSA) is 75.6 Å². The number of carboxylic acids is 1. The normalized spacial score (nSPS) is 12.0. The second kappa shape index (κ2) is 8.29. The van der Waals surface area contributed by atoms with Gasteiger partial charge in [-0.3, -0.25) is 9.59 Å². The first-order chi connectivity index (χ1) is 9.93. The third-order valence-electron chi connectivity index (χ3n) is 3.17. The molecule has 0 aliphatic rings. The Bertz CT molecular complexity index is 485. The van der Waals surface area contributed by atoms with Gasteiger partial charge in [-0.05, 0) is 30.4 Å². The molecule has 0 aliphatic carbocycles. The highest BCUT2D eigenvalue weighted by atomic mass is 16.5. The molecule has 0 aliphatic heterocycles. The number of aliphatic carboxylic acids is 1. The van der Waals surface area contributed by atoms with Crippen molar-refractivity contribution in [2.24, 2.45) is 11.8 Å². The summed E-state index contributed by atoms with van der Waals surface area (Å²) < 4.78 is 5.15. The number of nitrogens with one attached hydrogen (secondary N) is 1. The number of hydrogen-bond donors (Lipinski definition) is 2. The standard InChI is InChI=1S/C16H23NO4/c1-11(2)8-12(9-15(18)19)10-17-16(20)13-6-4-5-7-14(13)21-3/h4-7,11-12H,8-10H2,1-3H3,(H,17,20)(H,18,19)/t12-/m0/s1. The highest BCUT2D eigenvalue weighted by Crippen LogP contribution is 2.18. The molecule has 1 aromatic rings. The number of rotatable bonds is 8. The summed E-state index contributed by atoms with van der Waals surface area (Å²) in [5.41, 5.74) is 0.457. The molecule has 5 nitrogen and oxygen atoms in total. The van der Waals surface area contributed by atoms with E-state index in [4.69, 9.17) is 9.84 Å². The first-order valence-electron chi connectivity index (χ1n) is 7.07. The minimum Gasteiger partial charge on any atom is -0.496 e. The molecule has 0 heterocycles. The van der Waals surface area contributed by atoms with Gasteiger partial charge in [0.2, 0.25) is 0 Å². The van der Waals surface area contributed by atoms with Crippen molar-refractivity contribution in [3.05, 3.63) is 29.8 Å². The molecule has 0 saturated heterocycles. The molecule has 0 aromatic heterocycles. The van der Waals surface area contributed by atoms with Crippen LogP contribution in [0, 0.1) is 11.8 Å². The Morgan fingerprint density at radius 1 is 1.29 bits per heavy atom. The predicted molar refractivity (Wildman–Crippen MR) is 80.5 cm³/mol. The van der Waals surface area contributed by atoms with Crippen molar-refractivity contribution in [1.82, 2.24) is 5.32 Å². The van der Waals surface area contributed by atoms with E-state index in [2.05, 4.69) is 5.32 Å². The van der Waals surface area contributed by atoms with E-state index >= 15 is 0 Å². The van der Waals surface area contributed by atoms with Crippen LogP contribution in [0.2, 0.25) is 0 Å². The lowest BCUT2D eigenvalue weighted by atomic mass is 9.94. The summed E-state index contributed by atoms with van der Waals surface area (Å²) in [6.07, 6.45) is 0.822. The van der Waals surface area contributed by atoms with Crippen molar-refractivity contribution in [1.29, 1.82) is 0 Å². The highest BCUT2D eigenvalue weighted by Gasteiger charge is 2.17. The van der Waals surface area contributed by atoms with Gasteiger partial charge >= 0.3 is 5.97 Å². The van der Waals surface area contributed by atoms with Crippen molar-refractivity contribution in [2.45, 2.75) is 26.7 Å². The lowest BCUT2D eigenvalue weighted by Gasteiger charge is -2.18. The van der Waals surface area contributed by atoms with Gasteiger partial charge in [0.15, 0.2) is 0 Å². The molecule has 0 radical (unpaired) electrons. The van der Waals surface area contributed by atoms with E-state index in [1.54, 1.807) is 24.3 Å². The summed E-state index contributed by atoms with van der Waals surface area (Å²) in [7, 11) is 1.51. The van der Waals surface area contributed by atoms with Crippen LogP contribution in [0.3, 0.4) is 0 Å². The van der Waals surface area contributed by atoms with Gasteiger partial charge in [-0.15, -0.1) is 0 Å². The second-order valence-electron chi connectivity index (χ2n) is 5.50. The van der Waals surface area contributed by atoms with Crippen molar-refractivity contribution < 1.29 is 19.4 Å². The summed E-state index contributed by atoms with van der Waals surface area (Å²) in [5.74, 6) is -0.258. The van der Waals surface area contributed by atoms with E-state index in [-0.39, 0.29) is 18.2 Å². The van der Waals surface area contributed by atoms with E-state index in [1.807, 2.05) is 13.8 Å². The Morgan fingerprint density at radius 3 is 2.52 bits per heavy atom. The van der Waals surface area contributed by atoms with Gasteiger partial charge in [0.05, 0.1) is 12.7 Å². The maximum absolute atomic E-state index is 12.2. The van der Waals surface area contributed by atoms with Crippen LogP contribution in [0.4, 0.5) is 0 Å². The summed E-state index contributed by atoms with van der Waals surface area (Å²) in [6.45, 7) is 4.43. The lowest BCUT2D eigenvalue weighted by molar-refractivity contribution is -0.138. The van der Waals surface area contributed by atoms with Crippen LogP contribution in [0.15, 0.2) is 24.3 Å². The molecule has 0 saturated carbocycles. The molecular weight excluding hydrogens is 270 g/mol. The van der Waals surface area contributed by atoms with Crippen molar-refractivity contribution in [2.75, 3.05) is 13.7 Å². The summed E-state index contributed by atoms with van der Waals surface area (Å²) >= 11 is 0. The van der Waals surface area contributed by atoms with Crippen LogP contribution in [0.1, 0.15) is 37.0 Å². The van der Waals surface area contributed by atoms with Crippen LogP contribution in [-0.2, 0) is 4.79 Å². The summed E-state index contributed by atoms with van der Waals surface area (Å²) in [4.78, 5) is 23.0. The zero-order chi connectivity index (χ0) is 15.8. The number of carboxylic acid groups (broad SMARTS) is 1. The fourth-order valence-corrected chi connectivity index (χ4v) is 2.32. The number of carbonyl (C=O) groups excluding carboxylic acids is 1. The van der Waals surface area contributed by atoms with Crippen LogP contribution in [0.25, 0.3) is 0 Å². The van der Waals surface area contributed by atoms with E-state index in [0.717, 1.165) is 6.42 Å². The number of benzene rings is 1. The SMILES string of the molecule is COc1ccccc1C(=O)NC[C@H](CC(=O)O)CC(C)C. The molecule has 1 amide bonds. The fraction of sp³-hybridized carbons (Fsp3) is 0.500. The summed E-state index contributed by atoms with van der Waals surface area (Å²) in [5, 5.41) is 11.7. The predicted octanol–water partition coefficient (Wildman–Crippen LogP) is 2.56. The molecule has 1 rings (SSSR count). The maximum atomic E-state index is 12.2. The van der Waals surface area contributed by atoms with Gasteiger partial charge in [0, 0.05) is 13.0 Å². The third-order valence-corrected chi connectivity index (χ3v) is 3.17. The number of amides is 1. The van der Waals surface area contributed by atoms with Crippen molar-refractivity contribution >= 4 is 11.9 Å². The largest absolute Gasteiger partial charge is 0.496 e. The second-order valence-corrected chi connectivity index (χ2v) is 5.50. The molecule has 0 bridgehead atoms. The molecular formula is C16H23NO4. The van der Waals surface area contributed by atoms with Crippen molar-refractivity contribution in [3.63, 3.8) is 0 Å². The third kappa shape index (κ3) is 5.85. The van der Waals surface area contributed by atoms with Gasteiger partial charge in [0.1, 0.15) is 5.75 Å². The van der Waals surface area contributed by atoms with Gasteiger partial charge in [-0.2, -0.15) is 0 Å². The minimum atomic E-state index is -0.841. The van der Waals surface area contributed by atoms with Gasteiger partial charge in [0.25, 0.3) is 5.91 Å². The number of methoxy groups -OCH3 is 1. The van der Waals surface area contributed by atoms with E-state index in [1.165, 1.54) is 7.11 Å². The van der Waals surface area contributed by atoms with E-state index in [0.29, 0.717) is 23.8 Å². The van der Waals surface area contributed by atoms with E-state index < -0.39 is 5.97 Å². The van der Waals surface area contributed by atoms with E-state index in [9.17, 15) is 9.59 Å². The number of hydrogen-bond acceptors (Lipinski definition) is 3. The fourth-order valence-electron chi connectivity index (χ4n) is 2.32. The Balaban J connectivity index is 2.66. The Morgan fingerprint density at radius 2 is 1.95 bits per heavy atom. The Labute approximate surface area is 125 Å². The monoisotopic (exact) mass is 293 g/mol. The number of carbonyl (C=O) groups is 2. The molecule has 5 heteroatoms. The van der Waals surface area contributed by atoms with Gasteiger partial charge in [-0.1, -0.05) is 26.0 Å². The zero-order valence-electron chi connectivity index (χ0n) is 12.8. The molecule has 0 fully saturated rings.